The SMILES string of the molecule is CCNC(=NCC(O)c1ccco1)NCCCOC1CCOC1. The number of nitrogens with one attached hydrogen (secondary N) is 2. The third-order valence-corrected chi connectivity index (χ3v) is 3.49. The molecule has 1 aliphatic heterocycles. The minimum atomic E-state index is -0.730. The molecule has 1 aromatic heterocycles. The van der Waals surface area contributed by atoms with E-state index in [1.165, 1.54) is 0 Å². The van der Waals surface area contributed by atoms with E-state index in [1.807, 2.05) is 6.92 Å². The maximum Gasteiger partial charge on any atom is 0.191 e. The van der Waals surface area contributed by atoms with Gasteiger partial charge in [-0.15, -0.1) is 0 Å². The second-order valence-electron chi connectivity index (χ2n) is 5.39. The molecular formula is C16H27N3O4. The van der Waals surface area contributed by atoms with E-state index in [0.29, 0.717) is 24.9 Å². The fraction of sp³-hybridized carbons (Fsp3) is 0.688. The molecule has 3 N–H and O–H groups in total. The standard InChI is InChI=1S/C16H27N3O4/c1-2-17-16(19-11-14(20)15-5-3-8-23-15)18-7-4-9-22-13-6-10-21-12-13/h3,5,8,13-14,20H,2,4,6-7,9-12H2,1H3,(H2,17,18,19). The third-order valence-electron chi connectivity index (χ3n) is 3.49. The minimum absolute atomic E-state index is 0.249. The third kappa shape index (κ3) is 6.60. The molecule has 2 rings (SSSR count). The first-order valence-corrected chi connectivity index (χ1v) is 8.22. The number of aliphatic imine (C=N–C) groups is 1. The van der Waals surface area contributed by atoms with Gasteiger partial charge in [0.15, 0.2) is 5.96 Å². The van der Waals surface area contributed by atoms with Crippen LogP contribution in [0.15, 0.2) is 27.8 Å². The summed E-state index contributed by atoms with van der Waals surface area (Å²) in [5.74, 6) is 1.21. The summed E-state index contributed by atoms with van der Waals surface area (Å²) in [6.07, 6.45) is 2.94. The number of aliphatic hydroxyl groups excluding tert-OH is 1. The van der Waals surface area contributed by atoms with Crippen molar-refractivity contribution in [3.05, 3.63) is 24.2 Å². The van der Waals surface area contributed by atoms with Gasteiger partial charge in [0.25, 0.3) is 0 Å². The van der Waals surface area contributed by atoms with E-state index in [2.05, 4.69) is 15.6 Å². The number of hydrogen-bond donors (Lipinski definition) is 3. The van der Waals surface area contributed by atoms with Gasteiger partial charge in [-0.1, -0.05) is 0 Å². The Hall–Kier alpha value is -1.57. The molecule has 2 unspecified atom stereocenters. The van der Waals surface area contributed by atoms with Gasteiger partial charge in [0, 0.05) is 26.3 Å². The van der Waals surface area contributed by atoms with E-state index in [1.54, 1.807) is 18.4 Å². The topological polar surface area (TPSA) is 88.3 Å². The van der Waals surface area contributed by atoms with Crippen LogP contribution in [0.5, 0.6) is 0 Å². The van der Waals surface area contributed by atoms with Crippen LogP contribution in [0, 0.1) is 0 Å². The van der Waals surface area contributed by atoms with Crippen LogP contribution in [0.2, 0.25) is 0 Å². The lowest BCUT2D eigenvalue weighted by Crippen LogP contribution is -2.38. The first-order chi connectivity index (χ1) is 11.3. The Kier molecular flexibility index (Phi) is 7.92. The second-order valence-corrected chi connectivity index (χ2v) is 5.39. The van der Waals surface area contributed by atoms with Crippen molar-refractivity contribution in [2.75, 3.05) is 39.5 Å². The molecule has 0 aliphatic carbocycles. The Labute approximate surface area is 137 Å². The van der Waals surface area contributed by atoms with Crippen molar-refractivity contribution in [3.63, 3.8) is 0 Å². The molecule has 23 heavy (non-hydrogen) atoms. The van der Waals surface area contributed by atoms with Crippen molar-refractivity contribution in [3.8, 4) is 0 Å². The average Bonchev–Trinajstić information content (AvgIpc) is 3.25. The number of hydrogen-bond acceptors (Lipinski definition) is 5. The first-order valence-electron chi connectivity index (χ1n) is 8.22. The molecule has 0 radical (unpaired) electrons. The summed E-state index contributed by atoms with van der Waals surface area (Å²) in [4.78, 5) is 4.37. The van der Waals surface area contributed by atoms with E-state index in [-0.39, 0.29) is 12.6 Å². The van der Waals surface area contributed by atoms with E-state index in [0.717, 1.165) is 32.5 Å². The zero-order valence-electron chi connectivity index (χ0n) is 13.7. The summed E-state index contributed by atoms with van der Waals surface area (Å²) < 4.78 is 16.1. The molecule has 0 saturated carbocycles. The zero-order valence-corrected chi connectivity index (χ0v) is 13.7. The van der Waals surface area contributed by atoms with E-state index in [4.69, 9.17) is 13.9 Å². The Morgan fingerprint density at radius 2 is 2.43 bits per heavy atom. The lowest BCUT2D eigenvalue weighted by molar-refractivity contribution is 0.0420. The van der Waals surface area contributed by atoms with Crippen LogP contribution < -0.4 is 10.6 Å². The number of aliphatic hydroxyl groups is 1. The van der Waals surface area contributed by atoms with Gasteiger partial charge in [0.1, 0.15) is 11.9 Å². The molecule has 1 aromatic rings. The van der Waals surface area contributed by atoms with Gasteiger partial charge in [0.2, 0.25) is 0 Å². The van der Waals surface area contributed by atoms with Crippen molar-refractivity contribution in [1.82, 2.24) is 10.6 Å². The van der Waals surface area contributed by atoms with Gasteiger partial charge in [-0.2, -0.15) is 0 Å². The molecule has 1 saturated heterocycles. The molecule has 0 bridgehead atoms. The molecule has 2 heterocycles. The average molecular weight is 325 g/mol. The van der Waals surface area contributed by atoms with Gasteiger partial charge >= 0.3 is 0 Å². The van der Waals surface area contributed by atoms with Gasteiger partial charge in [0.05, 0.1) is 25.5 Å². The van der Waals surface area contributed by atoms with Crippen molar-refractivity contribution in [1.29, 1.82) is 0 Å². The summed E-state index contributed by atoms with van der Waals surface area (Å²) in [5, 5.41) is 16.4. The lowest BCUT2D eigenvalue weighted by Gasteiger charge is -2.13. The molecule has 1 aliphatic rings. The number of ether oxygens (including phenoxy) is 2. The normalized spacial score (nSPS) is 19.7. The number of furan rings is 1. The highest BCUT2D eigenvalue weighted by Gasteiger charge is 2.15. The summed E-state index contributed by atoms with van der Waals surface area (Å²) in [5.41, 5.74) is 0. The van der Waals surface area contributed by atoms with Crippen molar-refractivity contribution >= 4 is 5.96 Å². The van der Waals surface area contributed by atoms with Crippen LogP contribution in [-0.4, -0.2) is 56.6 Å². The van der Waals surface area contributed by atoms with Crippen LogP contribution in [0.4, 0.5) is 0 Å². The Morgan fingerprint density at radius 3 is 3.13 bits per heavy atom. The zero-order chi connectivity index (χ0) is 16.3. The van der Waals surface area contributed by atoms with Crippen LogP contribution in [0.1, 0.15) is 31.6 Å². The fourth-order valence-electron chi connectivity index (χ4n) is 2.26. The molecule has 0 spiro atoms. The first kappa shape index (κ1) is 17.8. The molecule has 1 fully saturated rings. The van der Waals surface area contributed by atoms with Crippen LogP contribution in [-0.2, 0) is 9.47 Å². The largest absolute Gasteiger partial charge is 0.467 e. The van der Waals surface area contributed by atoms with Gasteiger partial charge < -0.3 is 29.6 Å². The quantitative estimate of drug-likeness (QED) is 0.357. The Balaban J connectivity index is 1.64. The minimum Gasteiger partial charge on any atom is -0.467 e. The monoisotopic (exact) mass is 325 g/mol. The van der Waals surface area contributed by atoms with Crippen molar-refractivity contribution in [2.45, 2.75) is 32.0 Å². The fourth-order valence-corrected chi connectivity index (χ4v) is 2.26. The molecule has 7 nitrogen and oxygen atoms in total. The molecule has 0 aromatic carbocycles. The van der Waals surface area contributed by atoms with Crippen LogP contribution >= 0.6 is 0 Å². The van der Waals surface area contributed by atoms with E-state index >= 15 is 0 Å². The van der Waals surface area contributed by atoms with Gasteiger partial charge in [-0.25, -0.2) is 0 Å². The summed E-state index contributed by atoms with van der Waals surface area (Å²) in [6.45, 7) is 5.99. The van der Waals surface area contributed by atoms with Crippen molar-refractivity contribution < 1.29 is 19.0 Å². The summed E-state index contributed by atoms with van der Waals surface area (Å²) in [7, 11) is 0. The Bertz CT molecular complexity index is 444. The highest BCUT2D eigenvalue weighted by molar-refractivity contribution is 5.79. The summed E-state index contributed by atoms with van der Waals surface area (Å²) >= 11 is 0. The number of guanidine groups is 1. The molecular weight excluding hydrogens is 298 g/mol. The molecule has 130 valence electrons. The maximum absolute atomic E-state index is 9.97. The van der Waals surface area contributed by atoms with Crippen molar-refractivity contribution in [2.24, 2.45) is 4.99 Å². The molecule has 7 heteroatoms. The lowest BCUT2D eigenvalue weighted by atomic mass is 10.3. The Morgan fingerprint density at radius 1 is 1.52 bits per heavy atom. The predicted molar refractivity (Wildman–Crippen MR) is 87.4 cm³/mol. The molecule has 0 amide bonds. The molecule has 2 atom stereocenters. The van der Waals surface area contributed by atoms with Crippen LogP contribution in [0.25, 0.3) is 0 Å². The van der Waals surface area contributed by atoms with Gasteiger partial charge in [-0.05, 0) is 31.9 Å². The highest BCUT2D eigenvalue weighted by Crippen LogP contribution is 2.12. The van der Waals surface area contributed by atoms with Crippen LogP contribution in [0.3, 0.4) is 0 Å². The van der Waals surface area contributed by atoms with Gasteiger partial charge in [-0.3, -0.25) is 4.99 Å². The maximum atomic E-state index is 9.97. The smallest absolute Gasteiger partial charge is 0.191 e. The number of rotatable bonds is 9. The predicted octanol–water partition coefficient (Wildman–Crippen LogP) is 1.06. The number of nitrogens with zero attached hydrogens (tertiary/aromatic N) is 1. The highest BCUT2D eigenvalue weighted by atomic mass is 16.5. The van der Waals surface area contributed by atoms with E-state index < -0.39 is 6.10 Å². The second kappa shape index (κ2) is 10.3. The summed E-state index contributed by atoms with van der Waals surface area (Å²) in [6, 6.07) is 3.49. The van der Waals surface area contributed by atoms with E-state index in [9.17, 15) is 5.11 Å².